The summed E-state index contributed by atoms with van der Waals surface area (Å²) in [7, 11) is -3.62. The molecule has 8 heteroatoms. The summed E-state index contributed by atoms with van der Waals surface area (Å²) in [5.74, 6) is -0.627. The molecule has 1 fully saturated rings. The molecule has 0 radical (unpaired) electrons. The lowest BCUT2D eigenvalue weighted by Gasteiger charge is -2.12. The van der Waals surface area contributed by atoms with Crippen molar-refractivity contribution in [1.29, 1.82) is 0 Å². The fourth-order valence-corrected chi connectivity index (χ4v) is 3.87. The molecule has 1 saturated heterocycles. The van der Waals surface area contributed by atoms with Crippen molar-refractivity contribution in [3.8, 4) is 0 Å². The second-order valence-electron chi connectivity index (χ2n) is 6.36. The molecule has 1 atom stereocenters. The van der Waals surface area contributed by atoms with E-state index in [1.165, 1.54) is 36.4 Å². The Labute approximate surface area is 157 Å². The zero-order valence-corrected chi connectivity index (χ0v) is 15.5. The zero-order valence-electron chi connectivity index (χ0n) is 14.7. The molecule has 0 aromatic heterocycles. The first-order valence-corrected chi connectivity index (χ1v) is 10.2. The third kappa shape index (κ3) is 5.59. The van der Waals surface area contributed by atoms with Crippen LogP contribution in [0.15, 0.2) is 53.4 Å². The molecule has 2 N–H and O–H groups in total. The van der Waals surface area contributed by atoms with Gasteiger partial charge in [-0.25, -0.2) is 17.5 Å². The molecular formula is C19H21FN2O4S. The molecule has 2 aromatic carbocycles. The summed E-state index contributed by atoms with van der Waals surface area (Å²) in [4.78, 5) is 12.2. The summed E-state index contributed by atoms with van der Waals surface area (Å²) >= 11 is 0. The van der Waals surface area contributed by atoms with Gasteiger partial charge in [0, 0.05) is 18.8 Å². The lowest BCUT2D eigenvalue weighted by atomic mass is 10.1. The highest BCUT2D eigenvalue weighted by Gasteiger charge is 2.20. The summed E-state index contributed by atoms with van der Waals surface area (Å²) in [6.45, 7) is 0.914. The van der Waals surface area contributed by atoms with Crippen LogP contribution in [0.5, 0.6) is 0 Å². The number of sulfonamides is 1. The first-order chi connectivity index (χ1) is 12.9. The van der Waals surface area contributed by atoms with Gasteiger partial charge >= 0.3 is 0 Å². The molecule has 1 aliphatic rings. The maximum absolute atomic E-state index is 12.9. The highest BCUT2D eigenvalue weighted by Crippen LogP contribution is 2.16. The minimum Gasteiger partial charge on any atom is -0.377 e. The van der Waals surface area contributed by atoms with Gasteiger partial charge in [-0.2, -0.15) is 0 Å². The lowest BCUT2D eigenvalue weighted by Crippen LogP contribution is -2.31. The van der Waals surface area contributed by atoms with E-state index in [0.29, 0.717) is 17.9 Å². The fraction of sp³-hybridized carbons (Fsp3) is 0.316. The Hall–Kier alpha value is -2.29. The molecule has 0 bridgehead atoms. The summed E-state index contributed by atoms with van der Waals surface area (Å²) in [5, 5.41) is 2.69. The molecule has 2 aromatic rings. The maximum atomic E-state index is 12.9. The smallest absolute Gasteiger partial charge is 0.240 e. The molecule has 0 saturated carbocycles. The van der Waals surface area contributed by atoms with E-state index >= 15 is 0 Å². The number of amides is 1. The van der Waals surface area contributed by atoms with Crippen LogP contribution >= 0.6 is 0 Å². The van der Waals surface area contributed by atoms with Gasteiger partial charge in [-0.3, -0.25) is 4.79 Å². The molecule has 0 aliphatic carbocycles. The van der Waals surface area contributed by atoms with Crippen molar-refractivity contribution < 1.29 is 22.3 Å². The molecule has 1 aliphatic heterocycles. The third-order valence-electron chi connectivity index (χ3n) is 4.25. The lowest BCUT2D eigenvalue weighted by molar-refractivity contribution is -0.115. The zero-order chi connectivity index (χ0) is 19.3. The molecule has 144 valence electrons. The Bertz CT molecular complexity index is 877. The maximum Gasteiger partial charge on any atom is 0.240 e. The predicted molar refractivity (Wildman–Crippen MR) is 99.3 cm³/mol. The number of nitrogens with one attached hydrogen (secondary N) is 2. The van der Waals surface area contributed by atoms with Gasteiger partial charge in [-0.15, -0.1) is 0 Å². The largest absolute Gasteiger partial charge is 0.377 e. The number of hydrogen-bond donors (Lipinski definition) is 2. The van der Waals surface area contributed by atoms with Crippen LogP contribution in [0.3, 0.4) is 0 Å². The van der Waals surface area contributed by atoms with Crippen molar-refractivity contribution in [2.45, 2.75) is 30.3 Å². The Morgan fingerprint density at radius 1 is 1.11 bits per heavy atom. The minimum atomic E-state index is -3.62. The van der Waals surface area contributed by atoms with Gasteiger partial charge in [0.1, 0.15) is 5.82 Å². The van der Waals surface area contributed by atoms with Crippen LogP contribution in [0.4, 0.5) is 10.1 Å². The quantitative estimate of drug-likeness (QED) is 0.758. The van der Waals surface area contributed by atoms with E-state index in [1.807, 2.05) is 0 Å². The molecular weight excluding hydrogens is 371 g/mol. The SMILES string of the molecule is O=C(Cc1ccc(F)cc1)Nc1ccc(S(=O)(=O)NC[C@@H]2CCCO2)cc1. The average molecular weight is 392 g/mol. The molecule has 0 unspecified atom stereocenters. The van der Waals surface area contributed by atoms with E-state index < -0.39 is 10.0 Å². The minimum absolute atomic E-state index is 0.0789. The van der Waals surface area contributed by atoms with Gasteiger partial charge < -0.3 is 10.1 Å². The second kappa shape index (κ2) is 8.60. The van der Waals surface area contributed by atoms with Gasteiger partial charge in [-0.1, -0.05) is 12.1 Å². The van der Waals surface area contributed by atoms with E-state index in [9.17, 15) is 17.6 Å². The highest BCUT2D eigenvalue weighted by atomic mass is 32.2. The number of carbonyl (C=O) groups excluding carboxylic acids is 1. The first kappa shape index (κ1) is 19.5. The predicted octanol–water partition coefficient (Wildman–Crippen LogP) is 2.46. The molecule has 3 rings (SSSR count). The number of ether oxygens (including phenoxy) is 1. The normalized spacial score (nSPS) is 17.0. The monoisotopic (exact) mass is 392 g/mol. The molecule has 1 heterocycles. The molecule has 0 spiro atoms. The van der Waals surface area contributed by atoms with E-state index in [-0.39, 0.29) is 35.7 Å². The van der Waals surface area contributed by atoms with Crippen molar-refractivity contribution in [1.82, 2.24) is 4.72 Å². The van der Waals surface area contributed by atoms with Gasteiger partial charge in [0.15, 0.2) is 0 Å². The summed E-state index contributed by atoms with van der Waals surface area (Å²) in [6.07, 6.45) is 1.81. The number of carbonyl (C=O) groups is 1. The molecule has 1 amide bonds. The Morgan fingerprint density at radius 3 is 2.44 bits per heavy atom. The van der Waals surface area contributed by atoms with Crippen molar-refractivity contribution in [3.05, 3.63) is 59.9 Å². The number of rotatable bonds is 7. The Kier molecular flexibility index (Phi) is 6.20. The van der Waals surface area contributed by atoms with Crippen LogP contribution in [0.2, 0.25) is 0 Å². The summed E-state index contributed by atoms with van der Waals surface area (Å²) < 4.78 is 45.4. The van der Waals surface area contributed by atoms with Crippen molar-refractivity contribution >= 4 is 21.6 Å². The van der Waals surface area contributed by atoms with Crippen LogP contribution in [-0.4, -0.2) is 33.6 Å². The van der Waals surface area contributed by atoms with E-state index in [2.05, 4.69) is 10.0 Å². The van der Waals surface area contributed by atoms with Gasteiger partial charge in [0.2, 0.25) is 15.9 Å². The van der Waals surface area contributed by atoms with Crippen molar-refractivity contribution in [2.24, 2.45) is 0 Å². The van der Waals surface area contributed by atoms with Gasteiger partial charge in [-0.05, 0) is 54.8 Å². The van der Waals surface area contributed by atoms with Crippen LogP contribution < -0.4 is 10.0 Å². The van der Waals surface area contributed by atoms with Gasteiger partial charge in [0.05, 0.1) is 17.4 Å². The highest BCUT2D eigenvalue weighted by molar-refractivity contribution is 7.89. The van der Waals surface area contributed by atoms with E-state index in [0.717, 1.165) is 12.8 Å². The van der Waals surface area contributed by atoms with Crippen molar-refractivity contribution in [2.75, 3.05) is 18.5 Å². The topological polar surface area (TPSA) is 84.5 Å². The first-order valence-electron chi connectivity index (χ1n) is 8.68. The molecule has 27 heavy (non-hydrogen) atoms. The number of hydrogen-bond acceptors (Lipinski definition) is 4. The number of anilines is 1. The van der Waals surface area contributed by atoms with E-state index in [4.69, 9.17) is 4.74 Å². The molecule has 6 nitrogen and oxygen atoms in total. The van der Waals surface area contributed by atoms with Crippen LogP contribution in [0.1, 0.15) is 18.4 Å². The van der Waals surface area contributed by atoms with Gasteiger partial charge in [0.25, 0.3) is 0 Å². The average Bonchev–Trinajstić information content (AvgIpc) is 3.16. The summed E-state index contributed by atoms with van der Waals surface area (Å²) in [5.41, 5.74) is 1.17. The number of benzene rings is 2. The summed E-state index contributed by atoms with van der Waals surface area (Å²) in [6, 6.07) is 11.6. The fourth-order valence-electron chi connectivity index (χ4n) is 2.80. The van der Waals surface area contributed by atoms with E-state index in [1.54, 1.807) is 12.1 Å². The Morgan fingerprint density at radius 2 is 1.81 bits per heavy atom. The van der Waals surface area contributed by atoms with Crippen LogP contribution in [0, 0.1) is 5.82 Å². The van der Waals surface area contributed by atoms with Crippen LogP contribution in [-0.2, 0) is 26.0 Å². The Balaban J connectivity index is 1.55. The van der Waals surface area contributed by atoms with Crippen LogP contribution in [0.25, 0.3) is 0 Å². The number of halogens is 1. The second-order valence-corrected chi connectivity index (χ2v) is 8.13. The standard InChI is InChI=1S/C19H21FN2O4S/c20-15-5-3-14(4-6-15)12-19(23)22-16-7-9-18(10-8-16)27(24,25)21-13-17-2-1-11-26-17/h3-10,17,21H,1-2,11-13H2,(H,22,23)/t17-/m0/s1. The van der Waals surface area contributed by atoms with Crippen molar-refractivity contribution in [3.63, 3.8) is 0 Å². The third-order valence-corrected chi connectivity index (χ3v) is 5.69.